The summed E-state index contributed by atoms with van der Waals surface area (Å²) in [6.07, 6.45) is 7.16. The highest BCUT2D eigenvalue weighted by Gasteiger charge is 2.38. The maximum absolute atomic E-state index is 9.03. The number of rotatable bonds is 7. The third-order valence-electron chi connectivity index (χ3n) is 4.20. The van der Waals surface area contributed by atoms with Crippen LogP contribution in [0.25, 0.3) is 0 Å². The first kappa shape index (κ1) is 14.9. The average Bonchev–Trinajstić information content (AvgIpc) is 2.34. The van der Waals surface area contributed by atoms with Crippen molar-refractivity contribution in [3.05, 3.63) is 0 Å². The van der Waals surface area contributed by atoms with E-state index >= 15 is 0 Å². The smallest absolute Gasteiger partial charge is 0.0443 e. The normalized spacial score (nSPS) is 29.8. The highest BCUT2D eigenvalue weighted by Crippen LogP contribution is 2.36. The summed E-state index contributed by atoms with van der Waals surface area (Å²) in [5.41, 5.74) is 6.31. The van der Waals surface area contributed by atoms with Gasteiger partial charge in [0.05, 0.1) is 0 Å². The number of aliphatic hydroxyl groups excluding tert-OH is 1. The zero-order valence-corrected chi connectivity index (χ0v) is 11.6. The zero-order chi connectivity index (χ0) is 12.7. The Kier molecular flexibility index (Phi) is 6.45. The monoisotopic (exact) mass is 242 g/mol. The van der Waals surface area contributed by atoms with Gasteiger partial charge in [0, 0.05) is 25.2 Å². The Bertz CT molecular complexity index is 210. The van der Waals surface area contributed by atoms with Gasteiger partial charge in [-0.2, -0.15) is 0 Å². The summed E-state index contributed by atoms with van der Waals surface area (Å²) in [6, 6.07) is 0. The van der Waals surface area contributed by atoms with E-state index in [-0.39, 0.29) is 12.1 Å². The molecule has 0 aromatic carbocycles. The van der Waals surface area contributed by atoms with Crippen LogP contribution in [-0.4, -0.2) is 41.8 Å². The van der Waals surface area contributed by atoms with Gasteiger partial charge in [0.2, 0.25) is 0 Å². The maximum atomic E-state index is 9.03. The van der Waals surface area contributed by atoms with Crippen molar-refractivity contribution in [3.8, 4) is 0 Å². The summed E-state index contributed by atoms with van der Waals surface area (Å²) in [5.74, 6) is 0.792. The van der Waals surface area contributed by atoms with Crippen molar-refractivity contribution in [1.82, 2.24) is 4.90 Å². The molecule has 1 saturated carbocycles. The molecule has 0 saturated heterocycles. The van der Waals surface area contributed by atoms with Crippen LogP contribution >= 0.6 is 0 Å². The van der Waals surface area contributed by atoms with Crippen molar-refractivity contribution in [3.63, 3.8) is 0 Å². The molecule has 1 aliphatic carbocycles. The van der Waals surface area contributed by atoms with Crippen LogP contribution in [0.4, 0.5) is 0 Å². The molecule has 0 radical (unpaired) electrons. The molecule has 102 valence electrons. The van der Waals surface area contributed by atoms with Crippen LogP contribution in [0.5, 0.6) is 0 Å². The Morgan fingerprint density at radius 2 is 2.18 bits per heavy atom. The Labute approximate surface area is 106 Å². The molecule has 2 unspecified atom stereocenters. The molecule has 3 nitrogen and oxygen atoms in total. The first-order chi connectivity index (χ1) is 8.18. The van der Waals surface area contributed by atoms with Crippen molar-refractivity contribution in [1.29, 1.82) is 0 Å². The van der Waals surface area contributed by atoms with Gasteiger partial charge in [-0.3, -0.25) is 4.90 Å². The fourth-order valence-electron chi connectivity index (χ4n) is 3.35. The van der Waals surface area contributed by atoms with E-state index in [9.17, 15) is 0 Å². The molecule has 1 rings (SSSR count). The number of nitrogens with zero attached hydrogens (tertiary/aromatic N) is 1. The SMILES string of the molecule is CCCN(CCCO)C1(CN)CCCC(C)C1. The van der Waals surface area contributed by atoms with Crippen molar-refractivity contribution in [2.75, 3.05) is 26.2 Å². The Balaban J connectivity index is 2.70. The second-order valence-corrected chi connectivity index (χ2v) is 5.69. The maximum Gasteiger partial charge on any atom is 0.0443 e. The highest BCUT2D eigenvalue weighted by atomic mass is 16.3. The highest BCUT2D eigenvalue weighted by molar-refractivity contribution is 4.95. The summed E-state index contributed by atoms with van der Waals surface area (Å²) in [4.78, 5) is 2.55. The summed E-state index contributed by atoms with van der Waals surface area (Å²) in [7, 11) is 0. The molecule has 0 bridgehead atoms. The van der Waals surface area contributed by atoms with E-state index < -0.39 is 0 Å². The van der Waals surface area contributed by atoms with Gasteiger partial charge < -0.3 is 10.8 Å². The molecule has 0 spiro atoms. The second kappa shape index (κ2) is 7.34. The van der Waals surface area contributed by atoms with Gasteiger partial charge in [-0.25, -0.2) is 0 Å². The van der Waals surface area contributed by atoms with Gasteiger partial charge in [0.15, 0.2) is 0 Å². The summed E-state index contributed by atoms with van der Waals surface area (Å²) in [5, 5.41) is 9.03. The van der Waals surface area contributed by atoms with Gasteiger partial charge in [0.25, 0.3) is 0 Å². The standard InChI is InChI=1S/C14H30N2O/c1-3-8-16(9-5-10-17)14(12-15)7-4-6-13(2)11-14/h13,17H,3-12,15H2,1-2H3. The van der Waals surface area contributed by atoms with E-state index in [0.29, 0.717) is 0 Å². The third kappa shape index (κ3) is 3.94. The van der Waals surface area contributed by atoms with E-state index in [1.807, 2.05) is 0 Å². The lowest BCUT2D eigenvalue weighted by molar-refractivity contribution is 0.0343. The van der Waals surface area contributed by atoms with Gasteiger partial charge in [-0.15, -0.1) is 0 Å². The van der Waals surface area contributed by atoms with Gasteiger partial charge in [0.1, 0.15) is 0 Å². The number of nitrogens with two attached hydrogens (primary N) is 1. The van der Waals surface area contributed by atoms with Crippen LogP contribution in [0.3, 0.4) is 0 Å². The van der Waals surface area contributed by atoms with Crippen LogP contribution in [0.15, 0.2) is 0 Å². The Morgan fingerprint density at radius 1 is 1.41 bits per heavy atom. The minimum Gasteiger partial charge on any atom is -0.396 e. The van der Waals surface area contributed by atoms with E-state index in [2.05, 4.69) is 18.7 Å². The van der Waals surface area contributed by atoms with Gasteiger partial charge in [-0.05, 0) is 38.1 Å². The molecular formula is C14H30N2O. The minimum absolute atomic E-state index is 0.211. The van der Waals surface area contributed by atoms with E-state index in [0.717, 1.165) is 32.0 Å². The quantitative estimate of drug-likeness (QED) is 0.718. The fraction of sp³-hybridized carbons (Fsp3) is 1.00. The molecule has 2 atom stereocenters. The molecule has 3 heteroatoms. The predicted octanol–water partition coefficient (Wildman–Crippen LogP) is 1.99. The lowest BCUT2D eigenvalue weighted by Crippen LogP contribution is -2.56. The fourth-order valence-corrected chi connectivity index (χ4v) is 3.35. The Morgan fingerprint density at radius 3 is 2.71 bits per heavy atom. The van der Waals surface area contributed by atoms with Crippen LogP contribution < -0.4 is 5.73 Å². The van der Waals surface area contributed by atoms with Crippen molar-refractivity contribution in [2.24, 2.45) is 11.7 Å². The van der Waals surface area contributed by atoms with Crippen molar-refractivity contribution >= 4 is 0 Å². The lowest BCUT2D eigenvalue weighted by Gasteiger charge is -2.48. The lowest BCUT2D eigenvalue weighted by atomic mass is 9.75. The van der Waals surface area contributed by atoms with Crippen LogP contribution in [0, 0.1) is 5.92 Å². The molecule has 17 heavy (non-hydrogen) atoms. The van der Waals surface area contributed by atoms with Crippen molar-refractivity contribution < 1.29 is 5.11 Å². The molecule has 1 fully saturated rings. The van der Waals surface area contributed by atoms with Crippen LogP contribution in [-0.2, 0) is 0 Å². The summed E-state index contributed by atoms with van der Waals surface area (Å²) >= 11 is 0. The molecule has 3 N–H and O–H groups in total. The number of hydrogen-bond acceptors (Lipinski definition) is 3. The summed E-state index contributed by atoms with van der Waals surface area (Å²) < 4.78 is 0. The molecule has 0 heterocycles. The van der Waals surface area contributed by atoms with Gasteiger partial charge in [-0.1, -0.05) is 26.7 Å². The largest absolute Gasteiger partial charge is 0.396 e. The first-order valence-electron chi connectivity index (χ1n) is 7.24. The van der Waals surface area contributed by atoms with Crippen LogP contribution in [0.2, 0.25) is 0 Å². The Hall–Kier alpha value is -0.120. The molecule has 0 aliphatic heterocycles. The van der Waals surface area contributed by atoms with Crippen LogP contribution in [0.1, 0.15) is 52.4 Å². The van der Waals surface area contributed by atoms with E-state index in [1.54, 1.807) is 0 Å². The second-order valence-electron chi connectivity index (χ2n) is 5.69. The zero-order valence-electron chi connectivity index (χ0n) is 11.6. The average molecular weight is 242 g/mol. The van der Waals surface area contributed by atoms with Crippen molar-refractivity contribution in [2.45, 2.75) is 57.9 Å². The summed E-state index contributed by atoms with van der Waals surface area (Å²) in [6.45, 7) is 7.74. The minimum atomic E-state index is 0.211. The van der Waals surface area contributed by atoms with E-state index in [1.165, 1.54) is 32.1 Å². The predicted molar refractivity (Wildman–Crippen MR) is 73.0 cm³/mol. The molecule has 1 aliphatic rings. The van der Waals surface area contributed by atoms with E-state index in [4.69, 9.17) is 10.8 Å². The molecular weight excluding hydrogens is 212 g/mol. The van der Waals surface area contributed by atoms with Gasteiger partial charge >= 0.3 is 0 Å². The number of aliphatic hydroxyl groups is 1. The molecule has 0 amide bonds. The first-order valence-corrected chi connectivity index (χ1v) is 7.24. The molecule has 0 aromatic heterocycles. The number of hydrogen-bond donors (Lipinski definition) is 2. The topological polar surface area (TPSA) is 49.5 Å². The third-order valence-corrected chi connectivity index (χ3v) is 4.20. The molecule has 0 aromatic rings.